The number of phenolic OH excluding ortho intramolecular Hbond substituents is 3. The number of aryl methyl sites for hydroxylation is 1. The summed E-state index contributed by atoms with van der Waals surface area (Å²) in [6, 6.07) is 6.64. The number of Topliss-reactive ketones (excluding diaryl/α,β-unsaturated/α-hetero) is 1. The molecule has 0 unspecified atom stereocenters. The van der Waals surface area contributed by atoms with Crippen molar-refractivity contribution in [1.82, 2.24) is 5.16 Å². The van der Waals surface area contributed by atoms with E-state index < -0.39 is 0 Å². The van der Waals surface area contributed by atoms with Crippen LogP contribution in [0.25, 0.3) is 11.0 Å². The van der Waals surface area contributed by atoms with Crippen molar-refractivity contribution in [2.24, 2.45) is 10.8 Å². The second kappa shape index (κ2) is 14.4. The van der Waals surface area contributed by atoms with Gasteiger partial charge in [0.25, 0.3) is 0 Å². The molecule has 0 spiro atoms. The number of hydrogen-bond donors (Lipinski definition) is 3. The largest absolute Gasteiger partial charge is 0.508 e. The highest BCUT2D eigenvalue weighted by Gasteiger charge is 2.22. The molecular weight excluding hydrogens is 502 g/mol. The van der Waals surface area contributed by atoms with Crippen LogP contribution in [0.15, 0.2) is 28.8 Å². The van der Waals surface area contributed by atoms with Crippen molar-refractivity contribution in [3.63, 3.8) is 0 Å². The zero-order valence-corrected chi connectivity index (χ0v) is 25.3. The summed E-state index contributed by atoms with van der Waals surface area (Å²) < 4.78 is 5.45. The molecule has 0 fully saturated rings. The lowest BCUT2D eigenvalue weighted by Gasteiger charge is -2.18. The summed E-state index contributed by atoms with van der Waals surface area (Å²) in [6.07, 6.45) is 5.87. The maximum atomic E-state index is 12.1. The molecule has 1 aromatic heterocycles. The van der Waals surface area contributed by atoms with Gasteiger partial charge in [0.2, 0.25) is 0 Å². The van der Waals surface area contributed by atoms with Crippen LogP contribution in [0.1, 0.15) is 102 Å². The van der Waals surface area contributed by atoms with Crippen LogP contribution >= 0.6 is 11.6 Å². The number of nitrogens with zero attached hydrogens (tertiary/aromatic N) is 1. The Balaban J connectivity index is 0.000000357. The predicted molar refractivity (Wildman–Crippen MR) is 157 cm³/mol. The zero-order chi connectivity index (χ0) is 29.3. The number of ketones is 1. The van der Waals surface area contributed by atoms with E-state index in [1.807, 2.05) is 33.8 Å². The fourth-order valence-corrected chi connectivity index (χ4v) is 4.14. The molecule has 3 N–H and O–H groups in total. The average molecular weight is 548 g/mol. The van der Waals surface area contributed by atoms with Crippen LogP contribution in [0.2, 0.25) is 0 Å². The number of halogens is 1. The van der Waals surface area contributed by atoms with Crippen LogP contribution in [0, 0.1) is 10.8 Å². The van der Waals surface area contributed by atoms with Gasteiger partial charge in [-0.15, -0.1) is 11.6 Å². The lowest BCUT2D eigenvalue weighted by atomic mass is 9.87. The Labute approximate surface area is 233 Å². The molecular formula is C31H46ClNO5. The highest BCUT2D eigenvalue weighted by Crippen LogP contribution is 2.34. The summed E-state index contributed by atoms with van der Waals surface area (Å²) in [5, 5.41) is 34.9. The minimum Gasteiger partial charge on any atom is -0.508 e. The van der Waals surface area contributed by atoms with Crippen LogP contribution in [-0.2, 0) is 19.3 Å². The summed E-state index contributed by atoms with van der Waals surface area (Å²) in [6.45, 7) is 16.5. The molecule has 0 saturated carbocycles. The third-order valence-corrected chi connectivity index (χ3v) is 5.74. The van der Waals surface area contributed by atoms with E-state index in [2.05, 4.69) is 44.5 Å². The van der Waals surface area contributed by atoms with Gasteiger partial charge in [0, 0.05) is 29.3 Å². The van der Waals surface area contributed by atoms with Gasteiger partial charge in [0.1, 0.15) is 17.2 Å². The summed E-state index contributed by atoms with van der Waals surface area (Å²) in [5.74, 6) is 0.216. The molecule has 212 valence electrons. The normalized spacial score (nSPS) is 11.4. The van der Waals surface area contributed by atoms with Crippen molar-refractivity contribution < 1.29 is 24.6 Å². The van der Waals surface area contributed by atoms with Gasteiger partial charge >= 0.3 is 0 Å². The first kappa shape index (κ1) is 33.3. The zero-order valence-electron chi connectivity index (χ0n) is 24.5. The third-order valence-electron chi connectivity index (χ3n) is 5.74. The Kier molecular flexibility index (Phi) is 12.6. The Bertz CT molecular complexity index is 1190. The smallest absolute Gasteiger partial charge is 0.174 e. The molecule has 0 bridgehead atoms. The van der Waals surface area contributed by atoms with Crippen molar-refractivity contribution in [2.75, 3.05) is 6.38 Å². The van der Waals surface area contributed by atoms with Gasteiger partial charge in [-0.2, -0.15) is 0 Å². The second-order valence-corrected chi connectivity index (χ2v) is 11.9. The van der Waals surface area contributed by atoms with Gasteiger partial charge in [0.15, 0.2) is 11.4 Å². The van der Waals surface area contributed by atoms with Gasteiger partial charge in [-0.25, -0.2) is 0 Å². The number of fused-ring (bicyclic) bond motifs is 1. The molecule has 0 aliphatic rings. The number of benzene rings is 2. The number of alkyl halides is 1. The molecule has 2 aromatic carbocycles. The predicted octanol–water partition coefficient (Wildman–Crippen LogP) is 8.60. The van der Waals surface area contributed by atoms with E-state index in [0.717, 1.165) is 47.9 Å². The van der Waals surface area contributed by atoms with E-state index in [-0.39, 0.29) is 28.1 Å². The molecule has 3 aromatic rings. The molecule has 0 radical (unpaired) electrons. The maximum absolute atomic E-state index is 12.1. The number of hydrogen-bond acceptors (Lipinski definition) is 6. The third kappa shape index (κ3) is 9.54. The summed E-state index contributed by atoms with van der Waals surface area (Å²) in [5.41, 5.74) is 3.44. The van der Waals surface area contributed by atoms with Crippen LogP contribution in [-0.4, -0.2) is 32.6 Å². The molecule has 7 heteroatoms. The Morgan fingerprint density at radius 2 is 1.37 bits per heavy atom. The molecule has 0 saturated heterocycles. The number of rotatable bonds is 7. The molecule has 1 heterocycles. The van der Waals surface area contributed by atoms with E-state index in [9.17, 15) is 20.1 Å². The average Bonchev–Trinajstić information content (AvgIpc) is 3.20. The Morgan fingerprint density at radius 1 is 0.842 bits per heavy atom. The number of phenols is 3. The van der Waals surface area contributed by atoms with Gasteiger partial charge < -0.3 is 19.8 Å². The van der Waals surface area contributed by atoms with Gasteiger partial charge in [-0.05, 0) is 54.4 Å². The van der Waals surface area contributed by atoms with Crippen molar-refractivity contribution in [1.29, 1.82) is 0 Å². The molecule has 0 atom stereocenters. The number of carbonyl (C=O) groups is 1. The van der Waals surface area contributed by atoms with Crippen LogP contribution in [0.3, 0.4) is 0 Å². The number of aromatic hydroxyl groups is 3. The first-order valence-corrected chi connectivity index (χ1v) is 14.0. The number of carbonyl (C=O) groups excluding carboxylic acids is 1. The topological polar surface area (TPSA) is 104 Å². The Morgan fingerprint density at radius 3 is 1.89 bits per heavy atom. The van der Waals surface area contributed by atoms with Crippen LogP contribution in [0.4, 0.5) is 0 Å². The molecule has 0 aliphatic carbocycles. The second-order valence-electron chi connectivity index (χ2n) is 11.9. The summed E-state index contributed by atoms with van der Waals surface area (Å²) in [4.78, 5) is 12.1. The van der Waals surface area contributed by atoms with Crippen molar-refractivity contribution in [2.45, 2.75) is 93.9 Å². The molecule has 0 amide bonds. The quantitative estimate of drug-likeness (QED) is 0.202. The standard InChI is InChI=1S/C15H21NO2.C15H22O3.CH3Cl/c1-5-6-11-13(17)8-7-10-12(9-15(2,3)4)16-18-14(10)11;1-5-6-10-12(16)8-7-11(14(10)18)13(17)9-15(2,3)4;1-2/h7-8,17H,5-6,9H2,1-4H3;7-8,16,18H,5-6,9H2,1-4H3;1H3. The highest BCUT2D eigenvalue weighted by atomic mass is 35.5. The van der Waals surface area contributed by atoms with Crippen molar-refractivity contribution in [3.05, 3.63) is 46.6 Å². The van der Waals surface area contributed by atoms with E-state index in [4.69, 9.17) is 4.52 Å². The summed E-state index contributed by atoms with van der Waals surface area (Å²) in [7, 11) is 0. The molecule has 6 nitrogen and oxygen atoms in total. The van der Waals surface area contributed by atoms with E-state index >= 15 is 0 Å². The van der Waals surface area contributed by atoms with Crippen molar-refractivity contribution >= 4 is 28.4 Å². The molecule has 3 rings (SSSR count). The van der Waals surface area contributed by atoms with Gasteiger partial charge in [-0.3, -0.25) is 4.79 Å². The monoisotopic (exact) mass is 547 g/mol. The maximum Gasteiger partial charge on any atom is 0.174 e. The van der Waals surface area contributed by atoms with Crippen LogP contribution < -0.4 is 0 Å². The Hall–Kier alpha value is -2.73. The van der Waals surface area contributed by atoms with Gasteiger partial charge in [-0.1, -0.05) is 73.4 Å². The fourth-order valence-electron chi connectivity index (χ4n) is 4.14. The SMILES string of the molecule is CCCc1c(O)ccc(C(=O)CC(C)(C)C)c1O.CCCc1c(O)ccc2c(CC(C)(C)C)noc12.CCl. The van der Waals surface area contributed by atoms with E-state index in [0.29, 0.717) is 29.7 Å². The first-order valence-electron chi connectivity index (χ1n) is 13.2. The van der Waals surface area contributed by atoms with E-state index in [1.165, 1.54) is 18.5 Å². The van der Waals surface area contributed by atoms with Crippen LogP contribution in [0.5, 0.6) is 17.2 Å². The highest BCUT2D eigenvalue weighted by molar-refractivity contribution is 6.15. The van der Waals surface area contributed by atoms with E-state index in [1.54, 1.807) is 6.07 Å². The lowest BCUT2D eigenvalue weighted by Crippen LogP contribution is -2.13. The van der Waals surface area contributed by atoms with Gasteiger partial charge in [0.05, 0.1) is 11.3 Å². The minimum atomic E-state index is -0.119. The molecule has 38 heavy (non-hydrogen) atoms. The fraction of sp³-hybridized carbons (Fsp3) is 0.548. The van der Waals surface area contributed by atoms with Crippen molar-refractivity contribution in [3.8, 4) is 17.2 Å². The first-order chi connectivity index (χ1) is 17.7. The molecule has 0 aliphatic heterocycles. The minimum absolute atomic E-state index is 0.0571. The number of aromatic nitrogens is 1. The lowest BCUT2D eigenvalue weighted by molar-refractivity contribution is 0.0937. The summed E-state index contributed by atoms with van der Waals surface area (Å²) >= 11 is 4.64.